The molecule has 0 atom stereocenters. The summed E-state index contributed by atoms with van der Waals surface area (Å²) in [5, 5.41) is 9.90. The third-order valence-electron chi connectivity index (χ3n) is 3.85. The van der Waals surface area contributed by atoms with Crippen LogP contribution in [-0.4, -0.2) is 23.6 Å². The van der Waals surface area contributed by atoms with Crippen LogP contribution in [0.1, 0.15) is 11.4 Å². The van der Waals surface area contributed by atoms with Gasteiger partial charge in [0.15, 0.2) is 0 Å². The number of nitrogens with zero attached hydrogens (tertiary/aromatic N) is 2. The number of benzene rings is 1. The van der Waals surface area contributed by atoms with E-state index >= 15 is 0 Å². The molecule has 0 unspecified atom stereocenters. The Labute approximate surface area is 148 Å². The van der Waals surface area contributed by atoms with Crippen LogP contribution in [0.5, 0.6) is 0 Å². The highest BCUT2D eigenvalue weighted by atomic mass is 15.0. The first kappa shape index (κ1) is 16.8. The Morgan fingerprint density at radius 1 is 0.840 bits per heavy atom. The van der Waals surface area contributed by atoms with Crippen molar-refractivity contribution in [3.8, 4) is 0 Å². The average molecular weight is 333 g/mol. The van der Waals surface area contributed by atoms with Crippen LogP contribution < -0.4 is 16.0 Å². The van der Waals surface area contributed by atoms with Crippen LogP contribution in [-0.2, 0) is 13.0 Å². The highest BCUT2D eigenvalue weighted by Crippen LogP contribution is 2.14. The molecule has 0 aliphatic carbocycles. The van der Waals surface area contributed by atoms with Gasteiger partial charge in [0.1, 0.15) is 5.82 Å². The number of rotatable bonds is 8. The summed E-state index contributed by atoms with van der Waals surface area (Å²) in [7, 11) is 1.92. The van der Waals surface area contributed by atoms with Gasteiger partial charge in [-0.25, -0.2) is 4.98 Å². The van der Waals surface area contributed by atoms with Gasteiger partial charge < -0.3 is 16.0 Å². The van der Waals surface area contributed by atoms with E-state index in [-0.39, 0.29) is 0 Å². The predicted octanol–water partition coefficient (Wildman–Crippen LogP) is 3.79. The third kappa shape index (κ3) is 5.21. The maximum atomic E-state index is 4.66. The summed E-state index contributed by atoms with van der Waals surface area (Å²) in [6.45, 7) is 1.51. The van der Waals surface area contributed by atoms with Crippen molar-refractivity contribution in [2.75, 3.05) is 29.5 Å². The van der Waals surface area contributed by atoms with Crippen molar-refractivity contribution in [3.05, 3.63) is 78.2 Å². The molecule has 0 bridgehead atoms. The summed E-state index contributed by atoms with van der Waals surface area (Å²) in [6, 6.07) is 20.2. The molecule has 0 aliphatic rings. The van der Waals surface area contributed by atoms with Crippen molar-refractivity contribution in [1.82, 2.24) is 9.97 Å². The minimum absolute atomic E-state index is 0.673. The van der Waals surface area contributed by atoms with Crippen LogP contribution in [0.15, 0.2) is 66.9 Å². The second-order valence-electron chi connectivity index (χ2n) is 5.70. The number of aromatic nitrogens is 2. The zero-order chi connectivity index (χ0) is 17.3. The van der Waals surface area contributed by atoms with Crippen molar-refractivity contribution in [2.45, 2.75) is 13.0 Å². The van der Waals surface area contributed by atoms with Crippen molar-refractivity contribution >= 4 is 17.2 Å². The Kier molecular flexibility index (Phi) is 5.82. The molecule has 128 valence electrons. The molecular formula is C20H23N5. The van der Waals surface area contributed by atoms with Gasteiger partial charge in [-0.2, -0.15) is 0 Å². The summed E-state index contributed by atoms with van der Waals surface area (Å²) in [5.41, 5.74) is 4.27. The van der Waals surface area contributed by atoms with E-state index in [4.69, 9.17) is 0 Å². The van der Waals surface area contributed by atoms with Gasteiger partial charge in [-0.05, 0) is 42.5 Å². The van der Waals surface area contributed by atoms with E-state index in [1.54, 1.807) is 6.20 Å². The fraction of sp³-hybridized carbons (Fsp3) is 0.200. The zero-order valence-corrected chi connectivity index (χ0v) is 14.4. The standard InChI is InChI=1S/C20H23N5/c1-21-17-8-4-9-18(14-17)23-13-11-16-7-5-10-20(25-16)24-15-19-6-2-3-12-22-19/h2-10,12,14,21,23H,11,13,15H2,1H3,(H,24,25). The van der Waals surface area contributed by atoms with Crippen LogP contribution >= 0.6 is 0 Å². The molecule has 5 nitrogen and oxygen atoms in total. The monoisotopic (exact) mass is 333 g/mol. The smallest absolute Gasteiger partial charge is 0.126 e. The lowest BCUT2D eigenvalue weighted by molar-refractivity contribution is 0.950. The van der Waals surface area contributed by atoms with Gasteiger partial charge in [0.25, 0.3) is 0 Å². The highest BCUT2D eigenvalue weighted by molar-refractivity contribution is 5.56. The molecule has 3 aromatic rings. The minimum atomic E-state index is 0.673. The van der Waals surface area contributed by atoms with Gasteiger partial charge >= 0.3 is 0 Å². The van der Waals surface area contributed by atoms with Crippen molar-refractivity contribution in [2.24, 2.45) is 0 Å². The fourth-order valence-electron chi connectivity index (χ4n) is 2.52. The minimum Gasteiger partial charge on any atom is -0.388 e. The molecule has 3 N–H and O–H groups in total. The quantitative estimate of drug-likeness (QED) is 0.585. The molecule has 0 fully saturated rings. The topological polar surface area (TPSA) is 61.9 Å². The summed E-state index contributed by atoms with van der Waals surface area (Å²) in [4.78, 5) is 8.97. The van der Waals surface area contributed by atoms with E-state index in [1.165, 1.54) is 0 Å². The van der Waals surface area contributed by atoms with Crippen LogP contribution in [0, 0.1) is 0 Å². The second-order valence-corrected chi connectivity index (χ2v) is 5.70. The van der Waals surface area contributed by atoms with Crippen molar-refractivity contribution in [1.29, 1.82) is 0 Å². The maximum Gasteiger partial charge on any atom is 0.126 e. The van der Waals surface area contributed by atoms with E-state index in [2.05, 4.69) is 44.1 Å². The largest absolute Gasteiger partial charge is 0.388 e. The van der Waals surface area contributed by atoms with Crippen molar-refractivity contribution < 1.29 is 0 Å². The van der Waals surface area contributed by atoms with Gasteiger partial charge in [-0.3, -0.25) is 4.98 Å². The lowest BCUT2D eigenvalue weighted by atomic mass is 10.2. The fourth-order valence-corrected chi connectivity index (χ4v) is 2.52. The SMILES string of the molecule is CNc1cccc(NCCc2cccc(NCc3ccccn3)n2)c1. The number of nitrogens with one attached hydrogen (secondary N) is 3. The van der Waals surface area contributed by atoms with E-state index in [1.807, 2.05) is 49.5 Å². The summed E-state index contributed by atoms with van der Waals surface area (Å²) in [5.74, 6) is 0.875. The number of hydrogen-bond donors (Lipinski definition) is 3. The lowest BCUT2D eigenvalue weighted by Crippen LogP contribution is -2.08. The highest BCUT2D eigenvalue weighted by Gasteiger charge is 2.00. The molecule has 0 amide bonds. The summed E-state index contributed by atoms with van der Waals surface area (Å²) in [6.07, 6.45) is 2.67. The molecule has 0 aliphatic heterocycles. The van der Waals surface area contributed by atoms with Crippen LogP contribution in [0.3, 0.4) is 0 Å². The van der Waals surface area contributed by atoms with Crippen LogP contribution in [0.25, 0.3) is 0 Å². The first-order valence-electron chi connectivity index (χ1n) is 8.45. The van der Waals surface area contributed by atoms with Gasteiger partial charge in [-0.15, -0.1) is 0 Å². The predicted molar refractivity (Wildman–Crippen MR) is 104 cm³/mol. The molecular weight excluding hydrogens is 310 g/mol. The maximum absolute atomic E-state index is 4.66. The normalized spacial score (nSPS) is 10.3. The van der Waals surface area contributed by atoms with Gasteiger partial charge in [0, 0.05) is 43.3 Å². The Morgan fingerprint density at radius 3 is 2.52 bits per heavy atom. The Balaban J connectivity index is 1.51. The number of hydrogen-bond acceptors (Lipinski definition) is 5. The first-order chi connectivity index (χ1) is 12.3. The van der Waals surface area contributed by atoms with Gasteiger partial charge in [0.05, 0.1) is 12.2 Å². The van der Waals surface area contributed by atoms with Crippen molar-refractivity contribution in [3.63, 3.8) is 0 Å². The van der Waals surface area contributed by atoms with E-state index in [0.29, 0.717) is 6.54 Å². The molecule has 5 heteroatoms. The Bertz CT molecular complexity index is 789. The molecule has 0 radical (unpaired) electrons. The zero-order valence-electron chi connectivity index (χ0n) is 14.4. The molecule has 0 spiro atoms. The van der Waals surface area contributed by atoms with Crippen LogP contribution in [0.4, 0.5) is 17.2 Å². The lowest BCUT2D eigenvalue weighted by Gasteiger charge is -2.09. The number of pyridine rings is 2. The molecule has 2 aromatic heterocycles. The van der Waals surface area contributed by atoms with Gasteiger partial charge in [-0.1, -0.05) is 18.2 Å². The van der Waals surface area contributed by atoms with E-state index in [0.717, 1.165) is 41.5 Å². The Hall–Kier alpha value is -3.08. The Morgan fingerprint density at radius 2 is 1.68 bits per heavy atom. The molecule has 0 saturated heterocycles. The molecule has 0 saturated carbocycles. The van der Waals surface area contributed by atoms with E-state index in [9.17, 15) is 0 Å². The number of anilines is 3. The van der Waals surface area contributed by atoms with E-state index < -0.39 is 0 Å². The summed E-state index contributed by atoms with van der Waals surface area (Å²) < 4.78 is 0. The molecule has 2 heterocycles. The average Bonchev–Trinajstić information content (AvgIpc) is 2.68. The van der Waals surface area contributed by atoms with Crippen LogP contribution in [0.2, 0.25) is 0 Å². The summed E-state index contributed by atoms with van der Waals surface area (Å²) >= 11 is 0. The molecule has 25 heavy (non-hydrogen) atoms. The molecule has 1 aromatic carbocycles. The molecule has 3 rings (SSSR count). The van der Waals surface area contributed by atoms with Gasteiger partial charge in [0.2, 0.25) is 0 Å². The second kappa shape index (κ2) is 8.68. The third-order valence-corrected chi connectivity index (χ3v) is 3.85. The first-order valence-corrected chi connectivity index (χ1v) is 8.45.